The maximum atomic E-state index is 13.3. The number of ether oxygens (including phenoxy) is 2. The number of carbonyl (C=O) groups excluding carboxylic acids is 1. The third kappa shape index (κ3) is 6.87. The van der Waals surface area contributed by atoms with Gasteiger partial charge >= 0.3 is 0 Å². The highest BCUT2D eigenvalue weighted by Crippen LogP contribution is 2.38. The minimum Gasteiger partial charge on any atom is -0.493 e. The molecule has 4 rings (SSSR count). The highest BCUT2D eigenvalue weighted by atomic mass is 28.4. The first-order valence-corrected chi connectivity index (χ1v) is 16.9. The molecule has 1 fully saturated rings. The molecular formula is C35H47NO4Si. The van der Waals surface area contributed by atoms with Crippen LogP contribution in [0.4, 0.5) is 0 Å². The van der Waals surface area contributed by atoms with Gasteiger partial charge in [0.1, 0.15) is 0 Å². The topological polar surface area (TPSA) is 48.0 Å². The Hall–Kier alpha value is -3.09. The Morgan fingerprint density at radius 1 is 0.854 bits per heavy atom. The zero-order chi connectivity index (χ0) is 29.5. The SMILES string of the molecule is CC[C@H]1CN(CCc2ccc(OC)c(OC)c2)C(=O)C[C@@H]1CCO[Si](c1ccccc1)(c1ccccc1)C(C)(C)C. The molecule has 5 nitrogen and oxygen atoms in total. The molecule has 6 heteroatoms. The van der Waals surface area contributed by atoms with Crippen molar-refractivity contribution >= 4 is 24.6 Å². The zero-order valence-electron chi connectivity index (χ0n) is 25.7. The highest BCUT2D eigenvalue weighted by molar-refractivity contribution is 6.99. The molecule has 2 atom stereocenters. The number of carbonyl (C=O) groups is 1. The highest BCUT2D eigenvalue weighted by Gasteiger charge is 2.50. The van der Waals surface area contributed by atoms with E-state index in [4.69, 9.17) is 13.9 Å². The van der Waals surface area contributed by atoms with Gasteiger partial charge in [-0.3, -0.25) is 4.79 Å². The van der Waals surface area contributed by atoms with Crippen LogP contribution in [0.1, 0.15) is 52.5 Å². The minimum atomic E-state index is -2.58. The molecule has 1 saturated heterocycles. The lowest BCUT2D eigenvalue weighted by Crippen LogP contribution is -2.66. The number of benzene rings is 3. The summed E-state index contributed by atoms with van der Waals surface area (Å²) in [6.45, 7) is 11.4. The zero-order valence-corrected chi connectivity index (χ0v) is 26.7. The third-order valence-electron chi connectivity index (χ3n) is 8.78. The Kier molecular flexibility index (Phi) is 10.3. The second-order valence-electron chi connectivity index (χ2n) is 12.2. The van der Waals surface area contributed by atoms with E-state index in [1.54, 1.807) is 14.2 Å². The number of methoxy groups -OCH3 is 2. The normalized spacial score (nSPS) is 17.9. The van der Waals surface area contributed by atoms with Crippen molar-refractivity contribution in [3.8, 4) is 11.5 Å². The quantitative estimate of drug-likeness (QED) is 0.246. The average Bonchev–Trinajstić information content (AvgIpc) is 2.99. The van der Waals surface area contributed by atoms with Gasteiger partial charge in [0.25, 0.3) is 8.32 Å². The molecule has 1 aliphatic heterocycles. The molecular weight excluding hydrogens is 526 g/mol. The van der Waals surface area contributed by atoms with Crippen LogP contribution in [0.3, 0.4) is 0 Å². The smallest absolute Gasteiger partial charge is 0.261 e. The van der Waals surface area contributed by atoms with Gasteiger partial charge in [-0.2, -0.15) is 0 Å². The standard InChI is InChI=1S/C35H47NO4Si/c1-7-28-26-36(22-20-27-18-19-32(38-5)33(24-27)39-6)34(37)25-29(28)21-23-40-41(35(2,3)4,30-14-10-8-11-15-30)31-16-12-9-13-17-31/h8-19,24,28-29H,7,20-23,25-26H2,1-6H3/t28-,29-/m0/s1. The Morgan fingerprint density at radius 2 is 1.46 bits per heavy atom. The molecule has 0 aromatic heterocycles. The van der Waals surface area contributed by atoms with Crippen molar-refractivity contribution in [1.82, 2.24) is 4.90 Å². The molecule has 41 heavy (non-hydrogen) atoms. The summed E-state index contributed by atoms with van der Waals surface area (Å²) in [5.41, 5.74) is 1.14. The van der Waals surface area contributed by atoms with Crippen molar-refractivity contribution < 1.29 is 18.7 Å². The van der Waals surface area contributed by atoms with Crippen molar-refractivity contribution in [2.45, 2.75) is 58.4 Å². The molecule has 0 bridgehead atoms. The van der Waals surface area contributed by atoms with Crippen LogP contribution in [0.5, 0.6) is 11.5 Å². The summed E-state index contributed by atoms with van der Waals surface area (Å²) >= 11 is 0. The van der Waals surface area contributed by atoms with Gasteiger partial charge in [-0.15, -0.1) is 0 Å². The van der Waals surface area contributed by atoms with Crippen LogP contribution in [-0.2, 0) is 15.6 Å². The predicted molar refractivity (Wildman–Crippen MR) is 170 cm³/mol. The fourth-order valence-corrected chi connectivity index (χ4v) is 11.1. The van der Waals surface area contributed by atoms with Crippen LogP contribution < -0.4 is 19.8 Å². The van der Waals surface area contributed by atoms with Crippen LogP contribution >= 0.6 is 0 Å². The van der Waals surface area contributed by atoms with Crippen LogP contribution in [-0.4, -0.2) is 53.0 Å². The molecule has 0 saturated carbocycles. The Morgan fingerprint density at radius 3 is 2.00 bits per heavy atom. The van der Waals surface area contributed by atoms with Crippen molar-refractivity contribution in [1.29, 1.82) is 0 Å². The molecule has 0 radical (unpaired) electrons. The molecule has 3 aromatic rings. The summed E-state index contributed by atoms with van der Waals surface area (Å²) in [6, 6.07) is 27.6. The Balaban J connectivity index is 1.44. The molecule has 220 valence electrons. The van der Waals surface area contributed by atoms with E-state index in [1.165, 1.54) is 10.4 Å². The lowest BCUT2D eigenvalue weighted by Gasteiger charge is -2.44. The second-order valence-corrected chi connectivity index (χ2v) is 16.5. The average molecular weight is 574 g/mol. The molecule has 3 aromatic carbocycles. The summed E-state index contributed by atoms with van der Waals surface area (Å²) in [5, 5.41) is 2.54. The maximum absolute atomic E-state index is 13.3. The minimum absolute atomic E-state index is 0.0524. The molecule has 0 spiro atoms. The van der Waals surface area contributed by atoms with Crippen LogP contribution in [0.15, 0.2) is 78.9 Å². The summed E-state index contributed by atoms with van der Waals surface area (Å²) in [5.74, 6) is 2.51. The van der Waals surface area contributed by atoms with Gasteiger partial charge in [-0.25, -0.2) is 0 Å². The molecule has 0 unspecified atom stereocenters. The number of hydrogen-bond acceptors (Lipinski definition) is 4. The van der Waals surface area contributed by atoms with E-state index >= 15 is 0 Å². The summed E-state index contributed by atoms with van der Waals surface area (Å²) in [6.07, 6.45) is 3.35. The largest absolute Gasteiger partial charge is 0.493 e. The van der Waals surface area contributed by atoms with E-state index in [0.717, 1.165) is 49.4 Å². The number of amides is 1. The number of rotatable bonds is 12. The number of likely N-dealkylation sites (tertiary alicyclic amines) is 1. The van der Waals surface area contributed by atoms with Crippen LogP contribution in [0, 0.1) is 11.8 Å². The fourth-order valence-electron chi connectivity index (χ4n) is 6.50. The Labute approximate surface area is 248 Å². The summed E-state index contributed by atoms with van der Waals surface area (Å²) in [7, 11) is 0.720. The number of nitrogens with zero attached hydrogens (tertiary/aromatic N) is 1. The summed E-state index contributed by atoms with van der Waals surface area (Å²) in [4.78, 5) is 15.4. The van der Waals surface area contributed by atoms with Gasteiger partial charge in [0, 0.05) is 26.1 Å². The van der Waals surface area contributed by atoms with Crippen LogP contribution in [0.2, 0.25) is 5.04 Å². The van der Waals surface area contributed by atoms with Gasteiger partial charge in [0.15, 0.2) is 11.5 Å². The lowest BCUT2D eigenvalue weighted by atomic mass is 9.81. The second kappa shape index (κ2) is 13.7. The van der Waals surface area contributed by atoms with Crippen molar-refractivity contribution in [2.24, 2.45) is 11.8 Å². The maximum Gasteiger partial charge on any atom is 0.261 e. The fraction of sp³-hybridized carbons (Fsp3) is 0.457. The van der Waals surface area contributed by atoms with Gasteiger partial charge < -0.3 is 18.8 Å². The molecule has 0 N–H and O–H groups in total. The molecule has 0 aliphatic carbocycles. The predicted octanol–water partition coefficient (Wildman–Crippen LogP) is 6.09. The van der Waals surface area contributed by atoms with E-state index in [1.807, 2.05) is 12.1 Å². The van der Waals surface area contributed by atoms with Crippen molar-refractivity contribution in [3.63, 3.8) is 0 Å². The lowest BCUT2D eigenvalue weighted by molar-refractivity contribution is -0.137. The summed E-state index contributed by atoms with van der Waals surface area (Å²) < 4.78 is 18.0. The van der Waals surface area contributed by atoms with Crippen molar-refractivity contribution in [3.05, 3.63) is 84.4 Å². The van der Waals surface area contributed by atoms with Gasteiger partial charge in [-0.05, 0) is 57.8 Å². The van der Waals surface area contributed by atoms with E-state index < -0.39 is 8.32 Å². The molecule has 1 heterocycles. The van der Waals surface area contributed by atoms with Gasteiger partial charge in [-0.1, -0.05) is 101 Å². The molecule has 1 aliphatic rings. The van der Waals surface area contributed by atoms with E-state index in [0.29, 0.717) is 24.9 Å². The number of piperidine rings is 1. The van der Waals surface area contributed by atoms with E-state index in [2.05, 4.69) is 99.3 Å². The van der Waals surface area contributed by atoms with E-state index in [-0.39, 0.29) is 10.9 Å². The van der Waals surface area contributed by atoms with Crippen molar-refractivity contribution in [2.75, 3.05) is 33.9 Å². The first kappa shape index (κ1) is 30.9. The molecule has 1 amide bonds. The first-order chi connectivity index (χ1) is 19.7. The monoisotopic (exact) mass is 573 g/mol. The van der Waals surface area contributed by atoms with Crippen LogP contribution in [0.25, 0.3) is 0 Å². The number of hydrogen-bond donors (Lipinski definition) is 0. The first-order valence-electron chi connectivity index (χ1n) is 15.0. The van der Waals surface area contributed by atoms with Gasteiger partial charge in [0.2, 0.25) is 5.91 Å². The Bertz CT molecular complexity index is 1220. The van der Waals surface area contributed by atoms with Gasteiger partial charge in [0.05, 0.1) is 14.2 Å². The third-order valence-corrected chi connectivity index (χ3v) is 13.8. The van der Waals surface area contributed by atoms with E-state index in [9.17, 15) is 4.79 Å².